The Kier molecular flexibility index (Phi) is 6.00. The summed E-state index contributed by atoms with van der Waals surface area (Å²) in [5.74, 6) is 3.36. The van der Waals surface area contributed by atoms with Crippen molar-refractivity contribution in [2.45, 2.75) is 18.4 Å². The molecule has 1 aromatic heterocycles. The molecule has 3 rings (SSSR count). The van der Waals surface area contributed by atoms with Gasteiger partial charge in [0.05, 0.1) is 25.5 Å². The first-order valence-electron chi connectivity index (χ1n) is 8.01. The van der Waals surface area contributed by atoms with Gasteiger partial charge in [0, 0.05) is 16.9 Å². The predicted molar refractivity (Wildman–Crippen MR) is 107 cm³/mol. The molecule has 0 aliphatic rings. The highest BCUT2D eigenvalue weighted by molar-refractivity contribution is 7.97. The third-order valence-electron chi connectivity index (χ3n) is 3.95. The SMILES string of the molecule is COc1cccc(-c2nc(CSCc3ccccc3C)cs2)c1OC. The lowest BCUT2D eigenvalue weighted by atomic mass is 10.1. The van der Waals surface area contributed by atoms with Gasteiger partial charge in [0.1, 0.15) is 5.01 Å². The molecule has 25 heavy (non-hydrogen) atoms. The molecule has 0 bridgehead atoms. The van der Waals surface area contributed by atoms with E-state index in [9.17, 15) is 0 Å². The average molecular weight is 372 g/mol. The number of methoxy groups -OCH3 is 2. The fourth-order valence-corrected chi connectivity index (χ4v) is 4.54. The molecule has 0 radical (unpaired) electrons. The molecule has 0 N–H and O–H groups in total. The van der Waals surface area contributed by atoms with Crippen molar-refractivity contribution in [3.05, 3.63) is 64.7 Å². The fourth-order valence-electron chi connectivity index (χ4n) is 2.59. The Hall–Kier alpha value is -1.98. The normalized spacial score (nSPS) is 10.7. The van der Waals surface area contributed by atoms with Crippen LogP contribution in [0.5, 0.6) is 11.5 Å². The second kappa shape index (κ2) is 8.41. The van der Waals surface area contributed by atoms with Gasteiger partial charge in [-0.2, -0.15) is 11.8 Å². The first-order valence-corrected chi connectivity index (χ1v) is 10.0. The molecular formula is C20H21NO2S2. The van der Waals surface area contributed by atoms with Crippen LogP contribution >= 0.6 is 23.1 Å². The minimum atomic E-state index is 0.727. The summed E-state index contributed by atoms with van der Waals surface area (Å²) in [6, 6.07) is 14.4. The minimum absolute atomic E-state index is 0.727. The summed E-state index contributed by atoms with van der Waals surface area (Å²) in [5, 5.41) is 3.08. The summed E-state index contributed by atoms with van der Waals surface area (Å²) < 4.78 is 10.9. The third-order valence-corrected chi connectivity index (χ3v) is 5.89. The minimum Gasteiger partial charge on any atom is -0.493 e. The number of thiazole rings is 1. The summed E-state index contributed by atoms with van der Waals surface area (Å²) in [6.07, 6.45) is 0. The highest BCUT2D eigenvalue weighted by Crippen LogP contribution is 2.39. The highest BCUT2D eigenvalue weighted by Gasteiger charge is 2.14. The smallest absolute Gasteiger partial charge is 0.170 e. The Morgan fingerprint density at radius 2 is 1.84 bits per heavy atom. The zero-order valence-electron chi connectivity index (χ0n) is 14.6. The number of hydrogen-bond donors (Lipinski definition) is 0. The second-order valence-corrected chi connectivity index (χ2v) is 7.45. The van der Waals surface area contributed by atoms with Crippen LogP contribution in [0, 0.1) is 6.92 Å². The van der Waals surface area contributed by atoms with E-state index in [4.69, 9.17) is 14.5 Å². The Bertz CT molecular complexity index is 845. The number of hydrogen-bond acceptors (Lipinski definition) is 5. The molecule has 5 heteroatoms. The second-order valence-electron chi connectivity index (χ2n) is 5.60. The van der Waals surface area contributed by atoms with E-state index in [1.165, 1.54) is 11.1 Å². The molecule has 0 saturated heterocycles. The van der Waals surface area contributed by atoms with Gasteiger partial charge in [0.25, 0.3) is 0 Å². The molecule has 1 heterocycles. The monoisotopic (exact) mass is 371 g/mol. The number of ether oxygens (including phenoxy) is 2. The summed E-state index contributed by atoms with van der Waals surface area (Å²) in [7, 11) is 3.31. The highest BCUT2D eigenvalue weighted by atomic mass is 32.2. The quantitative estimate of drug-likeness (QED) is 0.543. The number of benzene rings is 2. The van der Waals surface area contributed by atoms with E-state index in [1.807, 2.05) is 30.0 Å². The molecule has 0 aliphatic heterocycles. The van der Waals surface area contributed by atoms with Crippen molar-refractivity contribution in [2.75, 3.05) is 14.2 Å². The first-order chi connectivity index (χ1) is 12.2. The van der Waals surface area contributed by atoms with Crippen LogP contribution in [0.3, 0.4) is 0 Å². The molecule has 3 nitrogen and oxygen atoms in total. The van der Waals surface area contributed by atoms with E-state index < -0.39 is 0 Å². The van der Waals surface area contributed by atoms with Crippen LogP contribution in [0.15, 0.2) is 47.8 Å². The van der Waals surface area contributed by atoms with Crippen LogP contribution in [-0.4, -0.2) is 19.2 Å². The largest absolute Gasteiger partial charge is 0.493 e. The van der Waals surface area contributed by atoms with Gasteiger partial charge in [0.2, 0.25) is 0 Å². The molecule has 0 atom stereocenters. The van der Waals surface area contributed by atoms with Crippen LogP contribution in [0.4, 0.5) is 0 Å². The maximum absolute atomic E-state index is 5.52. The molecule has 0 amide bonds. The summed E-state index contributed by atoms with van der Waals surface area (Å²) in [4.78, 5) is 4.78. The first kappa shape index (κ1) is 17.8. The number of aryl methyl sites for hydroxylation is 1. The Balaban J connectivity index is 1.70. The summed E-state index contributed by atoms with van der Waals surface area (Å²) in [6.45, 7) is 2.16. The summed E-state index contributed by atoms with van der Waals surface area (Å²) >= 11 is 3.53. The Morgan fingerprint density at radius 1 is 1.00 bits per heavy atom. The number of rotatable bonds is 7. The topological polar surface area (TPSA) is 31.4 Å². The zero-order valence-corrected chi connectivity index (χ0v) is 16.2. The predicted octanol–water partition coefficient (Wildman–Crippen LogP) is 5.57. The van der Waals surface area contributed by atoms with E-state index in [0.29, 0.717) is 0 Å². The maximum atomic E-state index is 5.52. The maximum Gasteiger partial charge on any atom is 0.170 e. The zero-order chi connectivity index (χ0) is 17.6. The van der Waals surface area contributed by atoms with Gasteiger partial charge in [-0.05, 0) is 30.2 Å². The van der Waals surface area contributed by atoms with Gasteiger partial charge in [-0.25, -0.2) is 4.98 Å². The van der Waals surface area contributed by atoms with E-state index in [0.717, 1.165) is 39.3 Å². The van der Waals surface area contributed by atoms with Gasteiger partial charge in [-0.15, -0.1) is 11.3 Å². The van der Waals surface area contributed by atoms with Crippen LogP contribution in [0.2, 0.25) is 0 Å². The van der Waals surface area contributed by atoms with Crippen LogP contribution in [0.25, 0.3) is 10.6 Å². The van der Waals surface area contributed by atoms with Crippen LogP contribution < -0.4 is 9.47 Å². The molecule has 0 unspecified atom stereocenters. The Labute approximate surface area is 157 Å². The molecule has 130 valence electrons. The third kappa shape index (κ3) is 4.17. The average Bonchev–Trinajstić information content (AvgIpc) is 3.11. The van der Waals surface area contributed by atoms with Crippen molar-refractivity contribution >= 4 is 23.1 Å². The van der Waals surface area contributed by atoms with Crippen molar-refractivity contribution in [2.24, 2.45) is 0 Å². The molecule has 0 aliphatic carbocycles. The lowest BCUT2D eigenvalue weighted by Gasteiger charge is -2.10. The molecule has 0 saturated carbocycles. The number of aromatic nitrogens is 1. The fraction of sp³-hybridized carbons (Fsp3) is 0.250. The van der Waals surface area contributed by atoms with Crippen molar-refractivity contribution < 1.29 is 9.47 Å². The lowest BCUT2D eigenvalue weighted by molar-refractivity contribution is 0.356. The molecule has 2 aromatic carbocycles. The van der Waals surface area contributed by atoms with Gasteiger partial charge < -0.3 is 9.47 Å². The van der Waals surface area contributed by atoms with Crippen molar-refractivity contribution in [3.63, 3.8) is 0 Å². The molecule has 3 aromatic rings. The number of thioether (sulfide) groups is 1. The van der Waals surface area contributed by atoms with Crippen molar-refractivity contribution in [1.29, 1.82) is 0 Å². The van der Waals surface area contributed by atoms with Gasteiger partial charge in [0.15, 0.2) is 11.5 Å². The van der Waals surface area contributed by atoms with Crippen LogP contribution in [0.1, 0.15) is 16.8 Å². The van der Waals surface area contributed by atoms with Crippen molar-refractivity contribution in [3.8, 4) is 22.1 Å². The number of para-hydroxylation sites is 1. The van der Waals surface area contributed by atoms with Crippen molar-refractivity contribution in [1.82, 2.24) is 4.98 Å². The van der Waals surface area contributed by atoms with E-state index in [1.54, 1.807) is 25.6 Å². The van der Waals surface area contributed by atoms with Gasteiger partial charge >= 0.3 is 0 Å². The summed E-state index contributed by atoms with van der Waals surface area (Å²) in [5.41, 5.74) is 4.80. The molecule has 0 fully saturated rings. The molecule has 0 spiro atoms. The lowest BCUT2D eigenvalue weighted by Crippen LogP contribution is -1.93. The molecular weight excluding hydrogens is 350 g/mol. The van der Waals surface area contributed by atoms with Crippen LogP contribution in [-0.2, 0) is 11.5 Å². The van der Waals surface area contributed by atoms with E-state index >= 15 is 0 Å². The Morgan fingerprint density at radius 3 is 2.60 bits per heavy atom. The van der Waals surface area contributed by atoms with E-state index in [2.05, 4.69) is 36.6 Å². The van der Waals surface area contributed by atoms with E-state index in [-0.39, 0.29) is 0 Å². The standard InChI is InChI=1S/C20H21NO2S2/c1-14-7-4-5-8-15(14)11-24-12-16-13-25-20(21-16)17-9-6-10-18(22-2)19(17)23-3/h4-10,13H,11-12H2,1-3H3. The van der Waals surface area contributed by atoms with Gasteiger partial charge in [-0.1, -0.05) is 30.3 Å². The number of nitrogens with zero attached hydrogens (tertiary/aromatic N) is 1. The van der Waals surface area contributed by atoms with Gasteiger partial charge in [-0.3, -0.25) is 0 Å².